The smallest absolute Gasteiger partial charge is 0.310 e. The highest BCUT2D eigenvalue weighted by Crippen LogP contribution is 2.33. The Kier molecular flexibility index (Phi) is 7.84. The normalized spacial score (nSPS) is 18.9. The molecule has 3 heterocycles. The van der Waals surface area contributed by atoms with E-state index in [4.69, 9.17) is 4.74 Å². The average Bonchev–Trinajstić information content (AvgIpc) is 3.44. The molecule has 0 spiro atoms. The number of aryl methyl sites for hydroxylation is 1. The number of piperazine rings is 1. The monoisotopic (exact) mass is 549 g/mol. The molecule has 0 radical (unpaired) electrons. The molecule has 6 nitrogen and oxygen atoms in total. The van der Waals surface area contributed by atoms with Gasteiger partial charge in [0.05, 0.1) is 11.6 Å². The first kappa shape index (κ1) is 26.3. The SMILES string of the molecule is O=C(OCN1C(=O)CCc2ccc(CCN3CCN(c4cc(F)cc5sccc45)CC3)cc21)C1CCCCC1. The van der Waals surface area contributed by atoms with Crippen LogP contribution < -0.4 is 9.80 Å². The molecule has 6 rings (SSSR count). The van der Waals surface area contributed by atoms with Crippen molar-refractivity contribution in [1.29, 1.82) is 0 Å². The van der Waals surface area contributed by atoms with Crippen molar-refractivity contribution in [3.8, 4) is 0 Å². The number of esters is 1. The van der Waals surface area contributed by atoms with Crippen LogP contribution in [0.5, 0.6) is 0 Å². The van der Waals surface area contributed by atoms with Crippen LogP contribution in [0.25, 0.3) is 10.1 Å². The molecule has 39 heavy (non-hydrogen) atoms. The van der Waals surface area contributed by atoms with Gasteiger partial charge in [-0.2, -0.15) is 0 Å². The zero-order chi connectivity index (χ0) is 26.8. The van der Waals surface area contributed by atoms with Gasteiger partial charge in [-0.05, 0) is 66.5 Å². The summed E-state index contributed by atoms with van der Waals surface area (Å²) in [7, 11) is 0. The molecule has 1 aromatic heterocycles. The molecule has 206 valence electrons. The second-order valence-corrected chi connectivity index (χ2v) is 12.0. The maximum Gasteiger partial charge on any atom is 0.310 e. The molecule has 0 unspecified atom stereocenters. The van der Waals surface area contributed by atoms with Gasteiger partial charge in [0.2, 0.25) is 5.91 Å². The average molecular weight is 550 g/mol. The first-order valence-electron chi connectivity index (χ1n) is 14.3. The predicted molar refractivity (Wildman–Crippen MR) is 154 cm³/mol. The van der Waals surface area contributed by atoms with Gasteiger partial charge in [-0.1, -0.05) is 31.4 Å². The number of hydrogen-bond donors (Lipinski definition) is 0. The van der Waals surface area contributed by atoms with Crippen LogP contribution >= 0.6 is 11.3 Å². The minimum atomic E-state index is -0.175. The van der Waals surface area contributed by atoms with Crippen LogP contribution in [0.2, 0.25) is 0 Å². The molecular formula is C31H36FN3O3S. The number of amides is 1. The molecule has 0 bridgehead atoms. The fraction of sp³-hybridized carbons (Fsp3) is 0.484. The van der Waals surface area contributed by atoms with Crippen molar-refractivity contribution in [1.82, 2.24) is 4.90 Å². The number of anilines is 2. The van der Waals surface area contributed by atoms with E-state index in [1.54, 1.807) is 28.4 Å². The topological polar surface area (TPSA) is 53.1 Å². The van der Waals surface area contributed by atoms with Crippen LogP contribution in [-0.4, -0.2) is 56.2 Å². The highest BCUT2D eigenvalue weighted by molar-refractivity contribution is 7.17. The number of carbonyl (C=O) groups excluding carboxylic acids is 2. The highest BCUT2D eigenvalue weighted by Gasteiger charge is 2.28. The quantitative estimate of drug-likeness (QED) is 0.351. The Labute approximate surface area is 233 Å². The summed E-state index contributed by atoms with van der Waals surface area (Å²) < 4.78 is 20.8. The molecule has 1 saturated heterocycles. The van der Waals surface area contributed by atoms with Gasteiger partial charge in [-0.3, -0.25) is 19.4 Å². The van der Waals surface area contributed by atoms with Crippen LogP contribution in [0.1, 0.15) is 49.7 Å². The number of benzene rings is 2. The minimum absolute atomic E-state index is 0.00403. The third kappa shape index (κ3) is 5.82. The summed E-state index contributed by atoms with van der Waals surface area (Å²) in [6, 6.07) is 11.8. The molecule has 1 aliphatic carbocycles. The number of halogens is 1. The third-order valence-electron chi connectivity index (χ3n) is 8.57. The highest BCUT2D eigenvalue weighted by atomic mass is 32.1. The van der Waals surface area contributed by atoms with Gasteiger partial charge in [0.15, 0.2) is 6.73 Å². The van der Waals surface area contributed by atoms with Crippen LogP contribution in [-0.2, 0) is 27.2 Å². The largest absolute Gasteiger partial charge is 0.444 e. The van der Waals surface area contributed by atoms with Gasteiger partial charge in [0, 0.05) is 54.9 Å². The van der Waals surface area contributed by atoms with Gasteiger partial charge in [-0.15, -0.1) is 11.3 Å². The van der Waals surface area contributed by atoms with Gasteiger partial charge >= 0.3 is 5.97 Å². The summed E-state index contributed by atoms with van der Waals surface area (Å²) in [5.41, 5.74) is 4.19. The fourth-order valence-corrected chi connectivity index (χ4v) is 7.08. The van der Waals surface area contributed by atoms with Crippen molar-refractivity contribution in [2.45, 2.75) is 51.4 Å². The molecular weight excluding hydrogens is 513 g/mol. The fourth-order valence-electron chi connectivity index (χ4n) is 6.25. The molecule has 2 aliphatic heterocycles. The lowest BCUT2D eigenvalue weighted by molar-refractivity contribution is -0.150. The Hall–Kier alpha value is -2.97. The van der Waals surface area contributed by atoms with E-state index in [0.717, 1.165) is 98.3 Å². The van der Waals surface area contributed by atoms with Gasteiger partial charge in [0.1, 0.15) is 5.82 Å². The van der Waals surface area contributed by atoms with E-state index in [0.29, 0.717) is 6.42 Å². The standard InChI is InChI=1S/C31H36FN3O3S/c32-25-19-28(26-11-17-39-29(26)20-25)34-15-13-33(14-16-34)12-10-22-6-7-23-8-9-30(36)35(27(23)18-22)21-38-31(37)24-4-2-1-3-5-24/h6-7,11,17-20,24H,1-5,8-10,12-16,21H2. The van der Waals surface area contributed by atoms with Gasteiger partial charge in [-0.25, -0.2) is 4.39 Å². The van der Waals surface area contributed by atoms with Crippen LogP contribution in [0.15, 0.2) is 41.8 Å². The lowest BCUT2D eigenvalue weighted by atomic mass is 9.89. The number of hydrogen-bond acceptors (Lipinski definition) is 6. The maximum atomic E-state index is 14.2. The van der Waals surface area contributed by atoms with Gasteiger partial charge < -0.3 is 9.64 Å². The molecule has 2 aromatic carbocycles. The van der Waals surface area contributed by atoms with E-state index in [1.165, 1.54) is 12.0 Å². The van der Waals surface area contributed by atoms with Crippen LogP contribution in [0.3, 0.4) is 0 Å². The van der Waals surface area contributed by atoms with Crippen molar-refractivity contribution in [3.05, 3.63) is 58.7 Å². The van der Waals surface area contributed by atoms with Crippen molar-refractivity contribution in [2.75, 3.05) is 49.3 Å². The lowest BCUT2D eigenvalue weighted by Crippen LogP contribution is -2.47. The Morgan fingerprint density at radius 2 is 1.79 bits per heavy atom. The van der Waals surface area contributed by atoms with Crippen molar-refractivity contribution < 1.29 is 18.7 Å². The molecule has 1 saturated carbocycles. The number of ether oxygens (including phenoxy) is 1. The molecule has 3 aliphatic rings. The molecule has 0 N–H and O–H groups in total. The zero-order valence-corrected chi connectivity index (χ0v) is 23.2. The molecule has 8 heteroatoms. The number of thiophene rings is 1. The van der Waals surface area contributed by atoms with Crippen molar-refractivity contribution in [2.24, 2.45) is 5.92 Å². The molecule has 0 atom stereocenters. The Bertz CT molecular complexity index is 1340. The molecule has 2 fully saturated rings. The van der Waals surface area contributed by atoms with Crippen LogP contribution in [0, 0.1) is 11.7 Å². The Balaban J connectivity index is 1.05. The van der Waals surface area contributed by atoms with E-state index < -0.39 is 0 Å². The number of fused-ring (bicyclic) bond motifs is 2. The van der Waals surface area contributed by atoms with Crippen molar-refractivity contribution in [3.63, 3.8) is 0 Å². The first-order chi connectivity index (χ1) is 19.0. The first-order valence-corrected chi connectivity index (χ1v) is 15.2. The van der Waals surface area contributed by atoms with Crippen molar-refractivity contribution >= 4 is 44.7 Å². The van der Waals surface area contributed by atoms with Gasteiger partial charge in [0.25, 0.3) is 0 Å². The second-order valence-electron chi connectivity index (χ2n) is 11.0. The summed E-state index contributed by atoms with van der Waals surface area (Å²) >= 11 is 1.58. The summed E-state index contributed by atoms with van der Waals surface area (Å²) in [6.45, 7) is 4.52. The Morgan fingerprint density at radius 1 is 0.974 bits per heavy atom. The second kappa shape index (κ2) is 11.6. The summed E-state index contributed by atoms with van der Waals surface area (Å²) in [6.07, 6.45) is 7.17. The third-order valence-corrected chi connectivity index (χ3v) is 9.43. The summed E-state index contributed by atoms with van der Waals surface area (Å²) in [5.74, 6) is -0.347. The number of carbonyl (C=O) groups is 2. The van der Waals surface area contributed by atoms with E-state index >= 15 is 0 Å². The predicted octanol–water partition coefficient (Wildman–Crippen LogP) is 5.77. The summed E-state index contributed by atoms with van der Waals surface area (Å²) in [4.78, 5) is 31.8. The Morgan fingerprint density at radius 3 is 2.62 bits per heavy atom. The molecule has 3 aromatic rings. The van der Waals surface area contributed by atoms with E-state index in [1.807, 2.05) is 5.38 Å². The number of rotatable bonds is 7. The zero-order valence-electron chi connectivity index (χ0n) is 22.4. The summed E-state index contributed by atoms with van der Waals surface area (Å²) in [5, 5.41) is 3.16. The maximum absolute atomic E-state index is 14.2. The molecule has 1 amide bonds. The van der Waals surface area contributed by atoms with E-state index in [2.05, 4.69) is 34.1 Å². The number of nitrogens with zero attached hydrogens (tertiary/aromatic N) is 3. The van der Waals surface area contributed by atoms with E-state index in [9.17, 15) is 14.0 Å². The van der Waals surface area contributed by atoms with Crippen LogP contribution in [0.4, 0.5) is 15.8 Å². The van der Waals surface area contributed by atoms with E-state index in [-0.39, 0.29) is 30.3 Å². The minimum Gasteiger partial charge on any atom is -0.444 e. The lowest BCUT2D eigenvalue weighted by Gasteiger charge is -2.36.